The normalized spacial score (nSPS) is 10.5. The zero-order valence-electron chi connectivity index (χ0n) is 15.7. The van der Waals surface area contributed by atoms with E-state index in [1.54, 1.807) is 19.2 Å². The van der Waals surface area contributed by atoms with Gasteiger partial charge in [0.05, 0.1) is 13.2 Å². The first-order chi connectivity index (χ1) is 12.6. The third-order valence-electron chi connectivity index (χ3n) is 3.65. The lowest BCUT2D eigenvalue weighted by atomic mass is 10.1. The number of nitrogens with one attached hydrogen (secondary N) is 1. The second-order valence-electron chi connectivity index (χ2n) is 6.24. The molecule has 0 saturated heterocycles. The summed E-state index contributed by atoms with van der Waals surface area (Å²) in [5, 5.41) is 2.87. The number of methoxy groups -OCH3 is 1. The Kier molecular flexibility index (Phi) is 7.80. The van der Waals surface area contributed by atoms with Crippen molar-refractivity contribution in [1.29, 1.82) is 0 Å². The fourth-order valence-electron chi connectivity index (χ4n) is 2.46. The predicted molar refractivity (Wildman–Crippen MR) is 102 cm³/mol. The minimum Gasteiger partial charge on any atom is -0.497 e. The van der Waals surface area contributed by atoms with Crippen molar-refractivity contribution >= 4 is 5.91 Å². The molecule has 0 spiro atoms. The zero-order valence-corrected chi connectivity index (χ0v) is 15.7. The van der Waals surface area contributed by atoms with Gasteiger partial charge in [0.1, 0.15) is 17.2 Å². The predicted octanol–water partition coefficient (Wildman–Crippen LogP) is 3.61. The van der Waals surface area contributed by atoms with Crippen molar-refractivity contribution in [2.75, 3.05) is 20.3 Å². The SMILES string of the molecule is COc1cccc(OCC(=O)NCCCc2cccc(OC(C)C)c2)c1. The van der Waals surface area contributed by atoms with E-state index in [0.717, 1.165) is 18.6 Å². The lowest BCUT2D eigenvalue weighted by molar-refractivity contribution is -0.123. The van der Waals surface area contributed by atoms with Crippen LogP contribution in [-0.2, 0) is 11.2 Å². The van der Waals surface area contributed by atoms with Gasteiger partial charge in [-0.3, -0.25) is 4.79 Å². The molecule has 0 saturated carbocycles. The zero-order chi connectivity index (χ0) is 18.8. The molecule has 1 N–H and O–H groups in total. The number of hydrogen-bond acceptors (Lipinski definition) is 4. The maximum absolute atomic E-state index is 11.9. The van der Waals surface area contributed by atoms with Crippen LogP contribution < -0.4 is 19.5 Å². The van der Waals surface area contributed by atoms with E-state index in [4.69, 9.17) is 14.2 Å². The summed E-state index contributed by atoms with van der Waals surface area (Å²) < 4.78 is 16.3. The van der Waals surface area contributed by atoms with Crippen LogP contribution in [0.25, 0.3) is 0 Å². The molecule has 5 nitrogen and oxygen atoms in total. The van der Waals surface area contributed by atoms with Crippen LogP contribution in [0.4, 0.5) is 0 Å². The molecule has 0 unspecified atom stereocenters. The van der Waals surface area contributed by atoms with Crippen molar-refractivity contribution in [2.45, 2.75) is 32.8 Å². The minimum absolute atomic E-state index is 0.00905. The Labute approximate surface area is 155 Å². The molecule has 0 aromatic heterocycles. The van der Waals surface area contributed by atoms with E-state index in [-0.39, 0.29) is 18.6 Å². The van der Waals surface area contributed by atoms with Crippen LogP contribution in [0.5, 0.6) is 17.2 Å². The molecule has 2 aromatic rings. The summed E-state index contributed by atoms with van der Waals surface area (Å²) in [5.74, 6) is 2.06. The molecular weight excluding hydrogens is 330 g/mol. The largest absolute Gasteiger partial charge is 0.497 e. The highest BCUT2D eigenvalue weighted by Crippen LogP contribution is 2.18. The lowest BCUT2D eigenvalue weighted by Gasteiger charge is -2.11. The van der Waals surface area contributed by atoms with Crippen molar-refractivity contribution in [3.63, 3.8) is 0 Å². The average Bonchev–Trinajstić information content (AvgIpc) is 2.63. The van der Waals surface area contributed by atoms with Gasteiger partial charge in [-0.25, -0.2) is 0 Å². The number of rotatable bonds is 10. The summed E-state index contributed by atoms with van der Waals surface area (Å²) in [7, 11) is 1.59. The Morgan fingerprint density at radius 2 is 1.77 bits per heavy atom. The van der Waals surface area contributed by atoms with Crippen molar-refractivity contribution < 1.29 is 19.0 Å². The van der Waals surface area contributed by atoms with Gasteiger partial charge in [-0.1, -0.05) is 18.2 Å². The van der Waals surface area contributed by atoms with Crippen molar-refractivity contribution in [1.82, 2.24) is 5.32 Å². The first-order valence-electron chi connectivity index (χ1n) is 8.86. The van der Waals surface area contributed by atoms with E-state index < -0.39 is 0 Å². The third-order valence-corrected chi connectivity index (χ3v) is 3.65. The third kappa shape index (κ3) is 7.05. The summed E-state index contributed by atoms with van der Waals surface area (Å²) in [4.78, 5) is 11.9. The Balaban J connectivity index is 1.67. The highest BCUT2D eigenvalue weighted by atomic mass is 16.5. The summed E-state index contributed by atoms with van der Waals surface area (Å²) >= 11 is 0. The molecular formula is C21H27NO4. The van der Waals surface area contributed by atoms with Gasteiger partial charge >= 0.3 is 0 Å². The van der Waals surface area contributed by atoms with Crippen LogP contribution in [0.1, 0.15) is 25.8 Å². The van der Waals surface area contributed by atoms with Crippen molar-refractivity contribution in [3.8, 4) is 17.2 Å². The summed E-state index contributed by atoms with van der Waals surface area (Å²) in [6.07, 6.45) is 1.90. The van der Waals surface area contributed by atoms with Gasteiger partial charge in [0.2, 0.25) is 0 Å². The molecule has 2 rings (SSSR count). The Hall–Kier alpha value is -2.69. The topological polar surface area (TPSA) is 56.8 Å². The molecule has 0 bridgehead atoms. The fourth-order valence-corrected chi connectivity index (χ4v) is 2.46. The van der Waals surface area contributed by atoms with E-state index in [0.29, 0.717) is 18.0 Å². The monoisotopic (exact) mass is 357 g/mol. The number of ether oxygens (including phenoxy) is 3. The highest BCUT2D eigenvalue weighted by Gasteiger charge is 2.04. The molecule has 2 aromatic carbocycles. The maximum Gasteiger partial charge on any atom is 0.257 e. The molecule has 0 aliphatic carbocycles. The van der Waals surface area contributed by atoms with Crippen LogP contribution in [0.3, 0.4) is 0 Å². The second-order valence-corrected chi connectivity index (χ2v) is 6.24. The Morgan fingerprint density at radius 3 is 2.54 bits per heavy atom. The Bertz CT molecular complexity index is 700. The minimum atomic E-state index is -0.135. The molecule has 26 heavy (non-hydrogen) atoms. The average molecular weight is 357 g/mol. The molecule has 0 aliphatic rings. The van der Waals surface area contributed by atoms with Gasteiger partial charge in [0, 0.05) is 12.6 Å². The standard InChI is InChI=1S/C21H27NO4/c1-16(2)26-20-11-4-7-17(13-20)8-6-12-22-21(23)15-25-19-10-5-9-18(14-19)24-3/h4-5,7,9-11,13-14,16H,6,8,12,15H2,1-3H3,(H,22,23). The molecule has 0 fully saturated rings. The van der Waals surface area contributed by atoms with Crippen molar-refractivity contribution in [3.05, 3.63) is 54.1 Å². The molecule has 140 valence electrons. The number of carbonyl (C=O) groups excluding carboxylic acids is 1. The molecule has 0 atom stereocenters. The fraction of sp³-hybridized carbons (Fsp3) is 0.381. The summed E-state index contributed by atoms with van der Waals surface area (Å²) in [6, 6.07) is 15.3. The van der Waals surface area contributed by atoms with Crippen LogP contribution in [0.15, 0.2) is 48.5 Å². The van der Waals surface area contributed by atoms with Gasteiger partial charge in [-0.05, 0) is 56.5 Å². The van der Waals surface area contributed by atoms with Gasteiger partial charge < -0.3 is 19.5 Å². The summed E-state index contributed by atoms with van der Waals surface area (Å²) in [6.45, 7) is 4.62. The van der Waals surface area contributed by atoms with Gasteiger partial charge in [0.15, 0.2) is 6.61 Å². The maximum atomic E-state index is 11.9. The van der Waals surface area contributed by atoms with Crippen LogP contribution in [0.2, 0.25) is 0 Å². The number of hydrogen-bond donors (Lipinski definition) is 1. The first-order valence-corrected chi connectivity index (χ1v) is 8.86. The van der Waals surface area contributed by atoms with Gasteiger partial charge in [-0.2, -0.15) is 0 Å². The summed E-state index contributed by atoms with van der Waals surface area (Å²) in [5.41, 5.74) is 1.20. The van der Waals surface area contributed by atoms with E-state index in [1.165, 1.54) is 5.56 Å². The molecule has 0 radical (unpaired) electrons. The van der Waals surface area contributed by atoms with Gasteiger partial charge in [-0.15, -0.1) is 0 Å². The number of benzene rings is 2. The second kappa shape index (κ2) is 10.3. The quantitative estimate of drug-likeness (QED) is 0.660. The smallest absolute Gasteiger partial charge is 0.257 e. The number of aryl methyl sites for hydroxylation is 1. The molecule has 1 amide bonds. The van der Waals surface area contributed by atoms with Crippen LogP contribution in [-0.4, -0.2) is 32.3 Å². The Morgan fingerprint density at radius 1 is 1.04 bits per heavy atom. The van der Waals surface area contributed by atoms with E-state index in [2.05, 4.69) is 11.4 Å². The van der Waals surface area contributed by atoms with Gasteiger partial charge in [0.25, 0.3) is 5.91 Å². The first kappa shape index (κ1) is 19.6. The number of amides is 1. The lowest BCUT2D eigenvalue weighted by Crippen LogP contribution is -2.29. The molecule has 0 aliphatic heterocycles. The van der Waals surface area contributed by atoms with Crippen molar-refractivity contribution in [2.24, 2.45) is 0 Å². The highest BCUT2D eigenvalue weighted by molar-refractivity contribution is 5.77. The van der Waals surface area contributed by atoms with E-state index in [9.17, 15) is 4.79 Å². The van der Waals surface area contributed by atoms with Crippen LogP contribution in [0, 0.1) is 0 Å². The molecule has 0 heterocycles. The van der Waals surface area contributed by atoms with E-state index in [1.807, 2.05) is 44.2 Å². The molecule has 5 heteroatoms. The van der Waals surface area contributed by atoms with E-state index >= 15 is 0 Å². The number of carbonyl (C=O) groups is 1. The van der Waals surface area contributed by atoms with Crippen LogP contribution >= 0.6 is 0 Å².